The number of hydrogen-bond acceptors (Lipinski definition) is 7. The summed E-state index contributed by atoms with van der Waals surface area (Å²) in [5, 5.41) is 2.61. The van der Waals surface area contributed by atoms with E-state index >= 15 is 0 Å². The number of H-pyrrole nitrogens is 1. The summed E-state index contributed by atoms with van der Waals surface area (Å²) in [5.74, 6) is 0.301. The van der Waals surface area contributed by atoms with Gasteiger partial charge in [-0.1, -0.05) is 0 Å². The maximum absolute atomic E-state index is 12.2. The predicted molar refractivity (Wildman–Crippen MR) is 73.7 cm³/mol. The van der Waals surface area contributed by atoms with Crippen molar-refractivity contribution in [3.63, 3.8) is 0 Å². The number of nitrogens with zero attached hydrogens (tertiary/aromatic N) is 4. The van der Waals surface area contributed by atoms with Gasteiger partial charge < -0.3 is 19.8 Å². The number of halogens is 6. The normalized spacial score (nSPS) is 12.1. The number of rotatable bonds is 8. The number of hydrogen-bond donors (Lipinski definition) is 2. The highest BCUT2D eigenvalue weighted by atomic mass is 19.4. The first-order valence-corrected chi connectivity index (χ1v) is 6.98. The standard InChI is InChI=1S/C12H12F6N6O2/c13-11(14,15)5-25-9-22-8(21-2-1-7-19-3-4-20-7)23-10(24-9)26-6-12(16,17)18/h3-4H,1-2,5-6H2,(H,19,20)(H,21,22,23,24). The fourth-order valence-corrected chi connectivity index (χ4v) is 1.57. The van der Waals surface area contributed by atoms with Crippen LogP contribution in [0, 0.1) is 0 Å². The average molecular weight is 386 g/mol. The molecule has 0 aromatic carbocycles. The first kappa shape index (κ1) is 19.5. The summed E-state index contributed by atoms with van der Waals surface area (Å²) in [4.78, 5) is 17.1. The van der Waals surface area contributed by atoms with Gasteiger partial charge in [0.25, 0.3) is 0 Å². The maximum Gasteiger partial charge on any atom is 0.422 e. The SMILES string of the molecule is FC(F)(F)COc1nc(NCCc2ncc[nH]2)nc(OCC(F)(F)F)n1. The largest absolute Gasteiger partial charge is 0.454 e. The van der Waals surface area contributed by atoms with Gasteiger partial charge in [0, 0.05) is 25.4 Å². The van der Waals surface area contributed by atoms with E-state index in [0.717, 1.165) is 0 Å². The first-order valence-electron chi connectivity index (χ1n) is 6.98. The lowest BCUT2D eigenvalue weighted by atomic mass is 10.4. The number of aromatic amines is 1. The predicted octanol–water partition coefficient (Wildman–Crippen LogP) is 2.13. The summed E-state index contributed by atoms with van der Waals surface area (Å²) in [6.45, 7) is -3.25. The zero-order valence-corrected chi connectivity index (χ0v) is 12.9. The van der Waals surface area contributed by atoms with Gasteiger partial charge in [-0.25, -0.2) is 4.98 Å². The third kappa shape index (κ3) is 7.40. The number of anilines is 1. The van der Waals surface area contributed by atoms with Gasteiger partial charge in [0.2, 0.25) is 5.95 Å². The van der Waals surface area contributed by atoms with Crippen LogP contribution >= 0.6 is 0 Å². The molecule has 0 fully saturated rings. The van der Waals surface area contributed by atoms with Gasteiger partial charge in [0.05, 0.1) is 0 Å². The molecule has 0 atom stereocenters. The topological polar surface area (TPSA) is 97.8 Å². The van der Waals surface area contributed by atoms with Crippen molar-refractivity contribution in [1.82, 2.24) is 24.9 Å². The van der Waals surface area contributed by atoms with Crippen molar-refractivity contribution in [3.05, 3.63) is 18.2 Å². The quantitative estimate of drug-likeness (QED) is 0.671. The minimum Gasteiger partial charge on any atom is -0.454 e. The Balaban J connectivity index is 2.05. The lowest BCUT2D eigenvalue weighted by Gasteiger charge is -2.12. The highest BCUT2D eigenvalue weighted by Crippen LogP contribution is 2.20. The van der Waals surface area contributed by atoms with E-state index in [1.54, 1.807) is 6.20 Å². The Morgan fingerprint density at radius 3 is 1.96 bits per heavy atom. The highest BCUT2D eigenvalue weighted by Gasteiger charge is 2.31. The van der Waals surface area contributed by atoms with Gasteiger partial charge in [-0.2, -0.15) is 36.3 Å². The summed E-state index contributed by atoms with van der Waals surface area (Å²) >= 11 is 0. The second-order valence-corrected chi connectivity index (χ2v) is 4.74. The second kappa shape index (κ2) is 8.05. The number of aromatic nitrogens is 5. The summed E-state index contributed by atoms with van der Waals surface area (Å²) in [6.07, 6.45) is -5.87. The van der Waals surface area contributed by atoms with Crippen LogP contribution in [0.15, 0.2) is 12.4 Å². The van der Waals surface area contributed by atoms with Crippen LogP contribution in [-0.4, -0.2) is 57.0 Å². The minimum atomic E-state index is -4.67. The van der Waals surface area contributed by atoms with Gasteiger partial charge in [-0.3, -0.25) is 0 Å². The van der Waals surface area contributed by atoms with Crippen LogP contribution in [0.2, 0.25) is 0 Å². The monoisotopic (exact) mass is 386 g/mol. The lowest BCUT2D eigenvalue weighted by Crippen LogP contribution is -2.22. The molecular formula is C12H12F6N6O2. The molecule has 2 heterocycles. The van der Waals surface area contributed by atoms with Gasteiger partial charge >= 0.3 is 24.4 Å². The van der Waals surface area contributed by atoms with Gasteiger partial charge in [0.1, 0.15) is 5.82 Å². The Kier molecular flexibility index (Phi) is 6.05. The molecule has 0 radical (unpaired) electrons. The van der Waals surface area contributed by atoms with E-state index in [1.807, 2.05) is 0 Å². The van der Waals surface area contributed by atoms with Crippen molar-refractivity contribution in [1.29, 1.82) is 0 Å². The van der Waals surface area contributed by atoms with Gasteiger partial charge in [-0.05, 0) is 0 Å². The van der Waals surface area contributed by atoms with Crippen LogP contribution in [0.25, 0.3) is 0 Å². The van der Waals surface area contributed by atoms with Crippen molar-refractivity contribution in [3.8, 4) is 12.0 Å². The van der Waals surface area contributed by atoms with Crippen LogP contribution in [-0.2, 0) is 6.42 Å². The minimum absolute atomic E-state index is 0.189. The first-order chi connectivity index (χ1) is 12.1. The molecular weight excluding hydrogens is 374 g/mol. The third-order valence-electron chi connectivity index (χ3n) is 2.52. The Labute approximate surface area is 142 Å². The fraction of sp³-hybridized carbons (Fsp3) is 0.500. The molecule has 8 nitrogen and oxygen atoms in total. The molecule has 2 aromatic rings. The van der Waals surface area contributed by atoms with Crippen LogP contribution < -0.4 is 14.8 Å². The van der Waals surface area contributed by atoms with Crippen LogP contribution in [0.4, 0.5) is 32.3 Å². The molecule has 0 unspecified atom stereocenters. The number of imidazole rings is 1. The van der Waals surface area contributed by atoms with E-state index in [9.17, 15) is 26.3 Å². The summed E-state index contributed by atoms with van der Waals surface area (Å²) in [6, 6.07) is -1.65. The number of ether oxygens (including phenoxy) is 2. The maximum atomic E-state index is 12.2. The molecule has 144 valence electrons. The van der Waals surface area contributed by atoms with E-state index in [1.165, 1.54) is 6.20 Å². The van der Waals surface area contributed by atoms with Gasteiger partial charge in [0.15, 0.2) is 13.2 Å². The molecule has 26 heavy (non-hydrogen) atoms. The Bertz CT molecular complexity index is 654. The van der Waals surface area contributed by atoms with Crippen LogP contribution in [0.1, 0.15) is 5.82 Å². The molecule has 0 aliphatic heterocycles. The van der Waals surface area contributed by atoms with Crippen molar-refractivity contribution < 1.29 is 35.8 Å². The zero-order valence-electron chi connectivity index (χ0n) is 12.9. The Morgan fingerprint density at radius 2 is 1.50 bits per heavy atom. The Morgan fingerprint density at radius 1 is 0.923 bits per heavy atom. The lowest BCUT2D eigenvalue weighted by molar-refractivity contribution is -0.156. The van der Waals surface area contributed by atoms with E-state index < -0.39 is 37.6 Å². The molecule has 0 spiro atoms. The van der Waals surface area contributed by atoms with Crippen molar-refractivity contribution in [2.45, 2.75) is 18.8 Å². The molecule has 0 aliphatic rings. The average Bonchev–Trinajstić information content (AvgIpc) is 3.03. The summed E-state index contributed by atoms with van der Waals surface area (Å²) in [7, 11) is 0. The van der Waals surface area contributed by atoms with E-state index in [4.69, 9.17) is 0 Å². The van der Waals surface area contributed by atoms with Crippen molar-refractivity contribution >= 4 is 5.95 Å². The fourth-order valence-electron chi connectivity index (χ4n) is 1.57. The van der Waals surface area contributed by atoms with Crippen LogP contribution in [0.5, 0.6) is 12.0 Å². The molecule has 14 heteroatoms. The molecule has 2 aromatic heterocycles. The Hall–Kier alpha value is -2.80. The highest BCUT2D eigenvalue weighted by molar-refractivity contribution is 5.27. The van der Waals surface area contributed by atoms with Crippen molar-refractivity contribution in [2.75, 3.05) is 25.1 Å². The van der Waals surface area contributed by atoms with E-state index in [-0.39, 0.29) is 12.5 Å². The summed E-state index contributed by atoms with van der Waals surface area (Å²) < 4.78 is 81.9. The molecule has 0 bridgehead atoms. The molecule has 0 saturated carbocycles. The molecule has 0 aliphatic carbocycles. The van der Waals surface area contributed by atoms with Crippen molar-refractivity contribution in [2.24, 2.45) is 0 Å². The van der Waals surface area contributed by atoms with E-state index in [2.05, 4.69) is 39.7 Å². The molecule has 2 rings (SSSR count). The number of alkyl halides is 6. The second-order valence-electron chi connectivity index (χ2n) is 4.74. The molecule has 2 N–H and O–H groups in total. The summed E-state index contributed by atoms with van der Waals surface area (Å²) in [5.41, 5.74) is 0. The van der Waals surface area contributed by atoms with E-state index in [0.29, 0.717) is 12.2 Å². The van der Waals surface area contributed by atoms with Gasteiger partial charge in [-0.15, -0.1) is 4.98 Å². The molecule has 0 saturated heterocycles. The smallest absolute Gasteiger partial charge is 0.422 e. The zero-order chi connectivity index (χ0) is 19.2. The van der Waals surface area contributed by atoms with Crippen LogP contribution in [0.3, 0.4) is 0 Å². The molecule has 0 amide bonds. The number of nitrogens with one attached hydrogen (secondary N) is 2. The third-order valence-corrected chi connectivity index (χ3v) is 2.52.